The van der Waals surface area contributed by atoms with E-state index in [-0.39, 0.29) is 0 Å². The second-order valence-corrected chi connectivity index (χ2v) is 6.26. The molecule has 1 fully saturated rings. The van der Waals surface area contributed by atoms with Gasteiger partial charge in [0.25, 0.3) is 0 Å². The van der Waals surface area contributed by atoms with Gasteiger partial charge < -0.3 is 4.90 Å². The van der Waals surface area contributed by atoms with Crippen molar-refractivity contribution in [3.05, 3.63) is 40.1 Å². The molecule has 0 bridgehead atoms. The van der Waals surface area contributed by atoms with Crippen LogP contribution in [0.5, 0.6) is 0 Å². The van der Waals surface area contributed by atoms with Crippen LogP contribution in [0.4, 0.5) is 5.13 Å². The van der Waals surface area contributed by atoms with E-state index in [1.165, 1.54) is 29.9 Å². The molecule has 1 heterocycles. The van der Waals surface area contributed by atoms with E-state index in [9.17, 15) is 0 Å². The van der Waals surface area contributed by atoms with Gasteiger partial charge in [-0.25, -0.2) is 4.98 Å². The maximum Gasteiger partial charge on any atom is 0.205 e. The number of halogens is 1. The van der Waals surface area contributed by atoms with Crippen LogP contribution in [-0.4, -0.2) is 15.4 Å². The summed E-state index contributed by atoms with van der Waals surface area (Å²) in [6.07, 6.45) is 2.54. The van der Waals surface area contributed by atoms with Crippen LogP contribution in [0.2, 0.25) is 0 Å². The molecule has 2 aromatic rings. The molecule has 0 N–H and O–H groups in total. The highest BCUT2D eigenvalue weighted by Gasteiger charge is 2.31. The summed E-state index contributed by atoms with van der Waals surface area (Å²) in [4.78, 5) is 6.89. The Bertz CT molecular complexity index is 551. The predicted octanol–water partition coefficient (Wildman–Crippen LogP) is 3.78. The fourth-order valence-corrected chi connectivity index (χ4v) is 3.17. The lowest BCUT2D eigenvalue weighted by molar-refractivity contribution is 0.787. The number of hydrogen-bond acceptors (Lipinski definition) is 4. The highest BCUT2D eigenvalue weighted by molar-refractivity contribution is 9.10. The first-order chi connectivity index (χ1) is 8.72. The van der Waals surface area contributed by atoms with E-state index in [2.05, 4.69) is 54.5 Å². The lowest BCUT2D eigenvalue weighted by atomic mass is 10.2. The molecule has 0 atom stereocenters. The normalized spacial score (nSPS) is 14.8. The SMILES string of the molecule is Cc1nsc(N(Cc2cccc(Br)c2)C2CC2)n1. The molecule has 3 rings (SSSR count). The molecule has 0 amide bonds. The van der Waals surface area contributed by atoms with Crippen molar-refractivity contribution in [2.24, 2.45) is 0 Å². The Morgan fingerprint density at radius 3 is 2.89 bits per heavy atom. The number of benzene rings is 1. The first kappa shape index (κ1) is 12.1. The maximum absolute atomic E-state index is 4.51. The summed E-state index contributed by atoms with van der Waals surface area (Å²) in [5.74, 6) is 0.870. The minimum absolute atomic E-state index is 0.649. The van der Waals surface area contributed by atoms with Gasteiger partial charge in [0.15, 0.2) is 0 Å². The summed E-state index contributed by atoms with van der Waals surface area (Å²) in [5.41, 5.74) is 1.31. The van der Waals surface area contributed by atoms with Crippen molar-refractivity contribution in [1.29, 1.82) is 0 Å². The highest BCUT2D eigenvalue weighted by atomic mass is 79.9. The lowest BCUT2D eigenvalue weighted by Gasteiger charge is -2.21. The van der Waals surface area contributed by atoms with Crippen LogP contribution in [0, 0.1) is 6.92 Å². The standard InChI is InChI=1S/C13H14BrN3S/c1-9-15-13(18-16-9)17(12-5-6-12)8-10-3-2-4-11(14)7-10/h2-4,7,12H,5-6,8H2,1H3. The average Bonchev–Trinajstić information content (AvgIpc) is 3.09. The molecule has 18 heavy (non-hydrogen) atoms. The number of aryl methyl sites for hydroxylation is 1. The lowest BCUT2D eigenvalue weighted by Crippen LogP contribution is -2.24. The molecule has 3 nitrogen and oxygen atoms in total. The van der Waals surface area contributed by atoms with Crippen LogP contribution in [0.1, 0.15) is 24.2 Å². The summed E-state index contributed by atoms with van der Waals surface area (Å²) >= 11 is 5.02. The summed E-state index contributed by atoms with van der Waals surface area (Å²) in [6, 6.07) is 9.11. The minimum Gasteiger partial charge on any atom is -0.340 e. The van der Waals surface area contributed by atoms with Gasteiger partial charge in [0.05, 0.1) is 0 Å². The van der Waals surface area contributed by atoms with E-state index < -0.39 is 0 Å². The number of aromatic nitrogens is 2. The van der Waals surface area contributed by atoms with E-state index in [1.54, 1.807) is 0 Å². The topological polar surface area (TPSA) is 29.0 Å². The van der Waals surface area contributed by atoms with Gasteiger partial charge in [0.2, 0.25) is 5.13 Å². The van der Waals surface area contributed by atoms with Crippen LogP contribution >= 0.6 is 27.5 Å². The number of nitrogens with zero attached hydrogens (tertiary/aromatic N) is 3. The van der Waals surface area contributed by atoms with Gasteiger partial charge in [-0.2, -0.15) is 4.37 Å². The Morgan fingerprint density at radius 1 is 1.44 bits per heavy atom. The fraction of sp³-hybridized carbons (Fsp3) is 0.385. The zero-order chi connectivity index (χ0) is 12.5. The van der Waals surface area contributed by atoms with Gasteiger partial charge >= 0.3 is 0 Å². The third-order valence-electron chi connectivity index (χ3n) is 2.99. The van der Waals surface area contributed by atoms with Crippen LogP contribution in [-0.2, 0) is 6.54 Å². The highest BCUT2D eigenvalue weighted by Crippen LogP contribution is 2.34. The van der Waals surface area contributed by atoms with Gasteiger partial charge in [-0.1, -0.05) is 28.1 Å². The van der Waals surface area contributed by atoms with Gasteiger partial charge in [0, 0.05) is 28.6 Å². The van der Waals surface area contributed by atoms with E-state index in [0.717, 1.165) is 22.0 Å². The molecular weight excluding hydrogens is 310 g/mol. The Labute approximate surface area is 119 Å². The molecule has 0 spiro atoms. The monoisotopic (exact) mass is 323 g/mol. The second-order valence-electron chi connectivity index (χ2n) is 4.61. The van der Waals surface area contributed by atoms with E-state index in [0.29, 0.717) is 6.04 Å². The van der Waals surface area contributed by atoms with Crippen LogP contribution in [0.3, 0.4) is 0 Å². The largest absolute Gasteiger partial charge is 0.340 e. The molecular formula is C13H14BrN3S. The molecule has 0 aliphatic heterocycles. The summed E-state index contributed by atoms with van der Waals surface area (Å²) in [6.45, 7) is 2.86. The Hall–Kier alpha value is -0.940. The van der Waals surface area contributed by atoms with E-state index in [1.807, 2.05) is 6.92 Å². The van der Waals surface area contributed by atoms with E-state index in [4.69, 9.17) is 0 Å². The third kappa shape index (κ3) is 2.72. The summed E-state index contributed by atoms with van der Waals surface area (Å²) < 4.78 is 5.42. The Kier molecular flexibility index (Phi) is 3.35. The zero-order valence-corrected chi connectivity index (χ0v) is 12.5. The van der Waals surface area contributed by atoms with Crippen LogP contribution < -0.4 is 4.90 Å². The van der Waals surface area contributed by atoms with Crippen molar-refractivity contribution in [2.75, 3.05) is 4.90 Å². The minimum atomic E-state index is 0.649. The Morgan fingerprint density at radius 2 is 2.28 bits per heavy atom. The number of rotatable bonds is 4. The molecule has 1 aromatic carbocycles. The quantitative estimate of drug-likeness (QED) is 0.857. The Balaban J connectivity index is 1.83. The molecule has 1 saturated carbocycles. The smallest absolute Gasteiger partial charge is 0.205 e. The van der Waals surface area contributed by atoms with Crippen LogP contribution in [0.15, 0.2) is 28.7 Å². The van der Waals surface area contributed by atoms with Gasteiger partial charge in [0.1, 0.15) is 5.82 Å². The first-order valence-corrected chi connectivity index (χ1v) is 7.60. The van der Waals surface area contributed by atoms with Crippen molar-refractivity contribution in [1.82, 2.24) is 9.36 Å². The fourth-order valence-electron chi connectivity index (χ4n) is 1.97. The molecule has 0 radical (unpaired) electrons. The molecule has 1 aliphatic rings. The number of hydrogen-bond donors (Lipinski definition) is 0. The molecule has 0 unspecified atom stereocenters. The zero-order valence-electron chi connectivity index (χ0n) is 10.1. The molecule has 0 saturated heterocycles. The summed E-state index contributed by atoms with van der Waals surface area (Å²) in [5, 5.41) is 1.05. The maximum atomic E-state index is 4.51. The molecule has 1 aliphatic carbocycles. The van der Waals surface area contributed by atoms with Crippen LogP contribution in [0.25, 0.3) is 0 Å². The average molecular weight is 324 g/mol. The first-order valence-electron chi connectivity index (χ1n) is 6.04. The molecule has 5 heteroatoms. The summed E-state index contributed by atoms with van der Waals surface area (Å²) in [7, 11) is 0. The van der Waals surface area contributed by atoms with Crippen molar-refractivity contribution >= 4 is 32.6 Å². The number of anilines is 1. The van der Waals surface area contributed by atoms with Gasteiger partial charge in [-0.3, -0.25) is 0 Å². The van der Waals surface area contributed by atoms with Crippen molar-refractivity contribution in [2.45, 2.75) is 32.4 Å². The molecule has 94 valence electrons. The van der Waals surface area contributed by atoms with Gasteiger partial charge in [-0.15, -0.1) is 0 Å². The van der Waals surface area contributed by atoms with Crippen molar-refractivity contribution in [3.8, 4) is 0 Å². The molecule has 1 aromatic heterocycles. The van der Waals surface area contributed by atoms with Crippen molar-refractivity contribution in [3.63, 3.8) is 0 Å². The van der Waals surface area contributed by atoms with E-state index >= 15 is 0 Å². The second kappa shape index (κ2) is 4.97. The predicted molar refractivity (Wildman–Crippen MR) is 78.0 cm³/mol. The third-order valence-corrected chi connectivity index (χ3v) is 4.33. The van der Waals surface area contributed by atoms with Crippen molar-refractivity contribution < 1.29 is 0 Å². The van der Waals surface area contributed by atoms with Gasteiger partial charge in [-0.05, 0) is 37.5 Å².